The van der Waals surface area contributed by atoms with Crippen molar-refractivity contribution in [1.29, 1.82) is 0 Å². The van der Waals surface area contributed by atoms with Crippen LogP contribution in [0.25, 0.3) is 87.8 Å². The van der Waals surface area contributed by atoms with Gasteiger partial charge in [0, 0.05) is 43.3 Å². The van der Waals surface area contributed by atoms with Crippen molar-refractivity contribution < 1.29 is 0 Å². The molecular formula is C45H30N2. The molecule has 47 heavy (non-hydrogen) atoms. The second-order valence-electron chi connectivity index (χ2n) is 13.7. The minimum Gasteiger partial charge on any atom is -0.309 e. The van der Waals surface area contributed by atoms with Crippen LogP contribution in [0.4, 0.5) is 0 Å². The van der Waals surface area contributed by atoms with Crippen LogP contribution in [0.3, 0.4) is 0 Å². The van der Waals surface area contributed by atoms with Crippen LogP contribution in [-0.4, -0.2) is 8.97 Å². The van der Waals surface area contributed by atoms with E-state index >= 15 is 0 Å². The molecular weight excluding hydrogens is 569 g/mol. The fraction of sp³-hybridized carbons (Fsp3) is 0.0667. The van der Waals surface area contributed by atoms with E-state index in [0.29, 0.717) is 0 Å². The zero-order chi connectivity index (χ0) is 31.0. The first-order chi connectivity index (χ1) is 23.1. The van der Waals surface area contributed by atoms with Crippen molar-refractivity contribution in [2.24, 2.45) is 0 Å². The standard InChI is InChI=1S/C45H30N2/c1-45(2)36-16-7-3-15-32(36)43-37(45)17-11-21-42(43)46-38-18-8-4-12-29(38)33-24-27(22-23-41(33)46)28-25-34-30-13-5-9-19-39(30)47-40-20-10-6-14-31(40)35(26-28)44(34)47/h3-26H,1-2H3. The van der Waals surface area contributed by atoms with Gasteiger partial charge in [-0.1, -0.05) is 111 Å². The Bertz CT molecular complexity index is 2850. The molecule has 0 saturated carbocycles. The van der Waals surface area contributed by atoms with E-state index in [1.807, 2.05) is 0 Å². The Morgan fingerprint density at radius 2 is 0.979 bits per heavy atom. The van der Waals surface area contributed by atoms with Crippen LogP contribution in [0.2, 0.25) is 0 Å². The Balaban J connectivity index is 1.20. The lowest BCUT2D eigenvalue weighted by Gasteiger charge is -2.21. The van der Waals surface area contributed by atoms with Crippen LogP contribution in [-0.2, 0) is 5.41 Å². The van der Waals surface area contributed by atoms with E-state index in [0.717, 1.165) is 0 Å². The summed E-state index contributed by atoms with van der Waals surface area (Å²) >= 11 is 0. The van der Waals surface area contributed by atoms with Crippen LogP contribution in [0.15, 0.2) is 146 Å². The van der Waals surface area contributed by atoms with Gasteiger partial charge >= 0.3 is 0 Å². The second-order valence-corrected chi connectivity index (χ2v) is 13.7. The number of fused-ring (bicyclic) bond motifs is 12. The zero-order valence-electron chi connectivity index (χ0n) is 26.3. The van der Waals surface area contributed by atoms with Crippen LogP contribution in [0.1, 0.15) is 25.0 Å². The number of nitrogens with zero attached hydrogens (tertiary/aromatic N) is 2. The van der Waals surface area contributed by atoms with Crippen molar-refractivity contribution in [3.63, 3.8) is 0 Å². The molecule has 0 bridgehead atoms. The van der Waals surface area contributed by atoms with E-state index in [2.05, 4.69) is 168 Å². The van der Waals surface area contributed by atoms with Crippen LogP contribution < -0.4 is 0 Å². The highest BCUT2D eigenvalue weighted by molar-refractivity contribution is 6.24. The molecule has 2 nitrogen and oxygen atoms in total. The van der Waals surface area contributed by atoms with Crippen molar-refractivity contribution in [3.8, 4) is 27.9 Å². The zero-order valence-corrected chi connectivity index (χ0v) is 26.3. The molecule has 0 spiro atoms. The van der Waals surface area contributed by atoms with E-state index in [-0.39, 0.29) is 5.41 Å². The van der Waals surface area contributed by atoms with Gasteiger partial charge in [0.2, 0.25) is 0 Å². The first kappa shape index (κ1) is 25.3. The molecule has 0 amide bonds. The lowest BCUT2D eigenvalue weighted by atomic mass is 9.82. The molecule has 11 rings (SSSR count). The molecule has 2 heteroatoms. The van der Waals surface area contributed by atoms with Crippen molar-refractivity contribution in [1.82, 2.24) is 8.97 Å². The topological polar surface area (TPSA) is 9.34 Å². The number of para-hydroxylation sites is 3. The molecule has 0 aliphatic heterocycles. The van der Waals surface area contributed by atoms with Gasteiger partial charge in [-0.15, -0.1) is 0 Å². The monoisotopic (exact) mass is 598 g/mol. The fourth-order valence-electron chi connectivity index (χ4n) is 8.95. The first-order valence-electron chi connectivity index (χ1n) is 16.5. The summed E-state index contributed by atoms with van der Waals surface area (Å²) < 4.78 is 4.95. The average Bonchev–Trinajstić information content (AvgIpc) is 3.81. The molecule has 0 atom stereocenters. The number of hydrogen-bond acceptors (Lipinski definition) is 0. The van der Waals surface area contributed by atoms with Gasteiger partial charge in [-0.05, 0) is 76.3 Å². The Morgan fingerprint density at radius 3 is 1.70 bits per heavy atom. The third kappa shape index (κ3) is 3.10. The predicted molar refractivity (Wildman–Crippen MR) is 198 cm³/mol. The largest absolute Gasteiger partial charge is 0.309 e. The molecule has 0 N–H and O–H groups in total. The van der Waals surface area contributed by atoms with Gasteiger partial charge in [-0.25, -0.2) is 0 Å². The highest BCUT2D eigenvalue weighted by Gasteiger charge is 2.37. The van der Waals surface area contributed by atoms with Crippen LogP contribution in [0, 0.1) is 0 Å². The van der Waals surface area contributed by atoms with Gasteiger partial charge in [0.25, 0.3) is 0 Å². The maximum Gasteiger partial charge on any atom is 0.0620 e. The number of benzene rings is 7. The minimum absolute atomic E-state index is 0.0460. The fourth-order valence-corrected chi connectivity index (χ4v) is 8.95. The van der Waals surface area contributed by atoms with E-state index in [1.165, 1.54) is 99.0 Å². The number of rotatable bonds is 2. The van der Waals surface area contributed by atoms with E-state index in [1.54, 1.807) is 0 Å². The molecule has 0 fully saturated rings. The Hall–Kier alpha value is -5.86. The number of hydrogen-bond donors (Lipinski definition) is 0. The van der Waals surface area contributed by atoms with Crippen LogP contribution in [0.5, 0.6) is 0 Å². The first-order valence-corrected chi connectivity index (χ1v) is 16.5. The molecule has 10 aromatic rings. The Morgan fingerprint density at radius 1 is 0.426 bits per heavy atom. The van der Waals surface area contributed by atoms with Gasteiger partial charge in [-0.2, -0.15) is 0 Å². The predicted octanol–water partition coefficient (Wildman–Crippen LogP) is 11.9. The minimum atomic E-state index is -0.0460. The molecule has 3 aromatic heterocycles. The SMILES string of the molecule is CC1(C)c2ccccc2-c2c(-n3c4ccccc4c4cc(-c5cc6c7ccccc7n7c8ccccc8c(c5)c67)ccc43)cccc21. The van der Waals surface area contributed by atoms with E-state index in [4.69, 9.17) is 0 Å². The maximum atomic E-state index is 2.50. The van der Waals surface area contributed by atoms with Crippen molar-refractivity contribution in [3.05, 3.63) is 157 Å². The molecule has 220 valence electrons. The lowest BCUT2D eigenvalue weighted by molar-refractivity contribution is 0.660. The molecule has 1 aliphatic carbocycles. The molecule has 0 unspecified atom stereocenters. The van der Waals surface area contributed by atoms with Gasteiger partial charge in [0.05, 0.1) is 33.3 Å². The van der Waals surface area contributed by atoms with Gasteiger partial charge in [-0.3, -0.25) is 0 Å². The van der Waals surface area contributed by atoms with Crippen molar-refractivity contribution in [2.75, 3.05) is 0 Å². The molecule has 0 saturated heterocycles. The molecule has 1 aliphatic rings. The van der Waals surface area contributed by atoms with Gasteiger partial charge in [0.1, 0.15) is 0 Å². The Labute approximate surface area is 272 Å². The summed E-state index contributed by atoms with van der Waals surface area (Å²) in [6.07, 6.45) is 0. The summed E-state index contributed by atoms with van der Waals surface area (Å²) in [5.74, 6) is 0. The van der Waals surface area contributed by atoms with Crippen LogP contribution >= 0.6 is 0 Å². The quantitative estimate of drug-likeness (QED) is 0.187. The summed E-state index contributed by atoms with van der Waals surface area (Å²) in [7, 11) is 0. The summed E-state index contributed by atoms with van der Waals surface area (Å²) in [5.41, 5.74) is 15.5. The second kappa shape index (κ2) is 8.69. The summed E-state index contributed by atoms with van der Waals surface area (Å²) in [5, 5.41) is 7.79. The average molecular weight is 599 g/mol. The Kier molecular flexibility index (Phi) is 4.68. The van der Waals surface area contributed by atoms with Gasteiger partial charge < -0.3 is 8.97 Å². The summed E-state index contributed by atoms with van der Waals surface area (Å²) in [6, 6.07) is 54.3. The van der Waals surface area contributed by atoms with Crippen molar-refractivity contribution in [2.45, 2.75) is 19.3 Å². The highest BCUT2D eigenvalue weighted by Crippen LogP contribution is 2.52. The van der Waals surface area contributed by atoms with E-state index < -0.39 is 0 Å². The third-order valence-electron chi connectivity index (χ3n) is 11.0. The summed E-state index contributed by atoms with van der Waals surface area (Å²) in [4.78, 5) is 0. The normalized spacial score (nSPS) is 13.9. The molecule has 3 heterocycles. The third-order valence-corrected chi connectivity index (χ3v) is 11.0. The number of aromatic nitrogens is 2. The summed E-state index contributed by atoms with van der Waals surface area (Å²) in [6.45, 7) is 4.72. The van der Waals surface area contributed by atoms with E-state index in [9.17, 15) is 0 Å². The van der Waals surface area contributed by atoms with Crippen molar-refractivity contribution >= 4 is 59.9 Å². The highest BCUT2D eigenvalue weighted by atomic mass is 15.0. The maximum absolute atomic E-state index is 2.50. The smallest absolute Gasteiger partial charge is 0.0620 e. The lowest BCUT2D eigenvalue weighted by Crippen LogP contribution is -2.14. The van der Waals surface area contributed by atoms with Gasteiger partial charge in [0.15, 0.2) is 0 Å². The molecule has 7 aromatic carbocycles. The molecule has 0 radical (unpaired) electrons.